The Hall–Kier alpha value is -1.31. The number of halogens is 1. The van der Waals surface area contributed by atoms with Crippen molar-refractivity contribution in [2.75, 3.05) is 11.6 Å². The smallest absolute Gasteiger partial charge is 0.284 e. The normalized spacial score (nSPS) is 12.2. The third kappa shape index (κ3) is 4.59. The lowest BCUT2D eigenvalue weighted by Gasteiger charge is -2.07. The maximum absolute atomic E-state index is 12.2. The summed E-state index contributed by atoms with van der Waals surface area (Å²) in [5.74, 6) is 0. The second-order valence-electron chi connectivity index (χ2n) is 4.02. The Morgan fingerprint density at radius 3 is 2.29 bits per heavy atom. The zero-order chi connectivity index (χ0) is 15.3. The third-order valence-electron chi connectivity index (χ3n) is 2.53. The largest absolute Gasteiger partial charge is 0.334 e. The Kier molecular flexibility index (Phi) is 5.44. The fourth-order valence-electron chi connectivity index (χ4n) is 1.52. The van der Waals surface area contributed by atoms with Gasteiger partial charge in [-0.15, -0.1) is 4.40 Å². The number of hydrogen-bond acceptors (Lipinski definition) is 3. The molecule has 1 N–H and O–H groups in total. The maximum Gasteiger partial charge on any atom is 0.284 e. The summed E-state index contributed by atoms with van der Waals surface area (Å²) in [6, 6.07) is 15.7. The van der Waals surface area contributed by atoms with Crippen LogP contribution in [0.25, 0.3) is 0 Å². The minimum Gasteiger partial charge on any atom is -0.334 e. The van der Waals surface area contributed by atoms with Gasteiger partial charge in [-0.25, -0.2) is 0 Å². The van der Waals surface area contributed by atoms with Crippen molar-refractivity contribution < 1.29 is 8.42 Å². The van der Waals surface area contributed by atoms with E-state index in [4.69, 9.17) is 0 Å². The van der Waals surface area contributed by atoms with Crippen molar-refractivity contribution in [3.8, 4) is 0 Å². The lowest BCUT2D eigenvalue weighted by molar-refractivity contribution is 0.598. The molecular weight excluding hydrogens is 372 g/mol. The van der Waals surface area contributed by atoms with E-state index in [-0.39, 0.29) is 4.90 Å². The average molecular weight is 385 g/mol. The summed E-state index contributed by atoms with van der Waals surface area (Å²) in [5, 5.41) is 3.31. The average Bonchev–Trinajstić information content (AvgIpc) is 2.48. The van der Waals surface area contributed by atoms with Crippen LogP contribution in [-0.4, -0.2) is 19.8 Å². The van der Waals surface area contributed by atoms with E-state index < -0.39 is 10.0 Å². The molecule has 2 rings (SSSR count). The first-order valence-electron chi connectivity index (χ1n) is 5.98. The lowest BCUT2D eigenvalue weighted by Crippen LogP contribution is -2.10. The van der Waals surface area contributed by atoms with Crippen molar-refractivity contribution in [3.63, 3.8) is 0 Å². The van der Waals surface area contributed by atoms with E-state index in [1.807, 2.05) is 30.3 Å². The van der Waals surface area contributed by atoms with Crippen molar-refractivity contribution in [2.24, 2.45) is 4.40 Å². The molecule has 4 nitrogen and oxygen atoms in total. The highest BCUT2D eigenvalue weighted by Gasteiger charge is 2.14. The van der Waals surface area contributed by atoms with Crippen molar-refractivity contribution in [1.29, 1.82) is 0 Å². The Balaban J connectivity index is 2.28. The predicted octanol–water partition coefficient (Wildman–Crippen LogP) is 3.97. The standard InChI is InChI=1S/C14H13BrN2O2S2/c1-20-14(16-12-5-3-2-4-6-12)17-21(18,19)13-9-7-11(15)8-10-13/h2-10H,1H3,(H,16,17). The van der Waals surface area contributed by atoms with Gasteiger partial charge in [-0.2, -0.15) is 8.42 Å². The zero-order valence-electron chi connectivity index (χ0n) is 11.2. The number of rotatable bonds is 3. The van der Waals surface area contributed by atoms with Crippen LogP contribution in [0.2, 0.25) is 0 Å². The van der Waals surface area contributed by atoms with Crippen molar-refractivity contribution in [2.45, 2.75) is 4.90 Å². The molecular formula is C14H13BrN2O2S2. The maximum atomic E-state index is 12.2. The molecule has 0 saturated heterocycles. The molecule has 0 aliphatic rings. The highest BCUT2D eigenvalue weighted by molar-refractivity contribution is 9.10. The van der Waals surface area contributed by atoms with E-state index >= 15 is 0 Å². The molecule has 0 fully saturated rings. The van der Waals surface area contributed by atoms with Gasteiger partial charge in [0.25, 0.3) is 10.0 Å². The van der Waals surface area contributed by atoms with Crippen molar-refractivity contribution in [1.82, 2.24) is 0 Å². The number of nitrogens with zero attached hydrogens (tertiary/aromatic N) is 1. The number of para-hydroxylation sites is 1. The Morgan fingerprint density at radius 1 is 1.10 bits per heavy atom. The minimum absolute atomic E-state index is 0.159. The minimum atomic E-state index is -3.72. The van der Waals surface area contributed by atoms with Crippen LogP contribution in [0.3, 0.4) is 0 Å². The first kappa shape index (κ1) is 16.1. The molecule has 2 aromatic carbocycles. The Labute approximate surface area is 136 Å². The Bertz CT molecular complexity index is 729. The summed E-state index contributed by atoms with van der Waals surface area (Å²) in [6.45, 7) is 0. The summed E-state index contributed by atoms with van der Waals surface area (Å²) in [7, 11) is -3.72. The van der Waals surface area contributed by atoms with E-state index in [1.165, 1.54) is 23.9 Å². The molecule has 0 saturated carbocycles. The summed E-state index contributed by atoms with van der Waals surface area (Å²) in [4.78, 5) is 0.159. The number of anilines is 1. The third-order valence-corrected chi connectivity index (χ3v) is 5.05. The molecule has 0 radical (unpaired) electrons. The molecule has 0 atom stereocenters. The van der Waals surface area contributed by atoms with E-state index in [2.05, 4.69) is 25.6 Å². The molecule has 0 heterocycles. The monoisotopic (exact) mass is 384 g/mol. The van der Waals surface area contributed by atoms with Crippen molar-refractivity contribution >= 4 is 48.6 Å². The molecule has 0 aliphatic carbocycles. The van der Waals surface area contributed by atoms with E-state index in [9.17, 15) is 8.42 Å². The van der Waals surface area contributed by atoms with Gasteiger partial charge >= 0.3 is 0 Å². The van der Waals surface area contributed by atoms with Crippen LogP contribution in [0, 0.1) is 0 Å². The number of nitrogens with one attached hydrogen (secondary N) is 1. The summed E-state index contributed by atoms with van der Waals surface area (Å²) in [6.07, 6.45) is 1.77. The van der Waals surface area contributed by atoms with Crippen molar-refractivity contribution in [3.05, 3.63) is 59.1 Å². The molecule has 0 amide bonds. The molecule has 0 aromatic heterocycles. The zero-order valence-corrected chi connectivity index (χ0v) is 14.4. The van der Waals surface area contributed by atoms with E-state index in [0.29, 0.717) is 5.17 Å². The fourth-order valence-corrected chi connectivity index (χ4v) is 3.45. The van der Waals surface area contributed by atoms with Gasteiger partial charge in [-0.3, -0.25) is 0 Å². The molecule has 2 aromatic rings. The second-order valence-corrected chi connectivity index (χ2v) is 7.34. The number of amidine groups is 1. The molecule has 0 spiro atoms. The predicted molar refractivity (Wildman–Crippen MR) is 92.3 cm³/mol. The van der Waals surface area contributed by atoms with Gasteiger partial charge in [0.1, 0.15) is 0 Å². The fraction of sp³-hybridized carbons (Fsp3) is 0.0714. The number of benzene rings is 2. The highest BCUT2D eigenvalue weighted by atomic mass is 79.9. The number of thioether (sulfide) groups is 1. The van der Waals surface area contributed by atoms with Crippen LogP contribution in [0.15, 0.2) is 68.4 Å². The lowest BCUT2D eigenvalue weighted by atomic mass is 10.3. The summed E-state index contributed by atoms with van der Waals surface area (Å²) in [5.41, 5.74) is 0.789. The molecule has 0 unspecified atom stereocenters. The van der Waals surface area contributed by atoms with Gasteiger partial charge in [-0.05, 0) is 42.7 Å². The molecule has 7 heteroatoms. The molecule has 0 bridgehead atoms. The first-order valence-corrected chi connectivity index (χ1v) is 9.43. The van der Waals surface area contributed by atoms with Crippen LogP contribution in [-0.2, 0) is 10.0 Å². The van der Waals surface area contributed by atoms with Crippen LogP contribution >= 0.6 is 27.7 Å². The van der Waals surface area contributed by atoms with E-state index in [0.717, 1.165) is 10.2 Å². The van der Waals surface area contributed by atoms with Crippen LogP contribution < -0.4 is 5.32 Å². The van der Waals surface area contributed by atoms with Gasteiger partial charge in [0.05, 0.1) is 4.90 Å². The SMILES string of the molecule is CSC(=NS(=O)(=O)c1ccc(Br)cc1)Nc1ccccc1. The topological polar surface area (TPSA) is 58.5 Å². The van der Waals surface area contributed by atoms with Crippen LogP contribution in [0.4, 0.5) is 5.69 Å². The number of sulfonamides is 1. The second kappa shape index (κ2) is 7.11. The van der Waals surface area contributed by atoms with Crippen LogP contribution in [0.5, 0.6) is 0 Å². The van der Waals surface area contributed by atoms with Gasteiger partial charge in [0.15, 0.2) is 5.17 Å². The molecule has 110 valence electrons. The van der Waals surface area contributed by atoms with Crippen LogP contribution in [0.1, 0.15) is 0 Å². The summed E-state index contributed by atoms with van der Waals surface area (Å²) >= 11 is 4.51. The van der Waals surface area contributed by atoms with Gasteiger partial charge in [0.2, 0.25) is 0 Å². The highest BCUT2D eigenvalue weighted by Crippen LogP contribution is 2.18. The molecule has 21 heavy (non-hydrogen) atoms. The quantitative estimate of drug-likeness (QED) is 0.642. The van der Waals surface area contributed by atoms with E-state index in [1.54, 1.807) is 18.4 Å². The van der Waals surface area contributed by atoms with Gasteiger partial charge in [-0.1, -0.05) is 45.9 Å². The van der Waals surface area contributed by atoms with Gasteiger partial charge < -0.3 is 5.32 Å². The first-order chi connectivity index (χ1) is 10.0. The number of hydrogen-bond donors (Lipinski definition) is 1. The van der Waals surface area contributed by atoms with Gasteiger partial charge in [0, 0.05) is 10.2 Å². The summed E-state index contributed by atoms with van der Waals surface area (Å²) < 4.78 is 29.2. The molecule has 0 aliphatic heterocycles. The Morgan fingerprint density at radius 2 is 1.71 bits per heavy atom.